The number of hydrogen-bond donors (Lipinski definition) is 1. The first kappa shape index (κ1) is 15.8. The molecule has 0 atom stereocenters. The van der Waals surface area contributed by atoms with Gasteiger partial charge in [0, 0.05) is 17.0 Å². The van der Waals surface area contributed by atoms with Crippen molar-refractivity contribution >= 4 is 16.9 Å². The lowest BCUT2D eigenvalue weighted by molar-refractivity contribution is 0.0470. The third-order valence-corrected chi connectivity index (χ3v) is 3.72. The number of ether oxygens (including phenoxy) is 1. The van der Waals surface area contributed by atoms with Crippen LogP contribution in [0.3, 0.4) is 0 Å². The predicted octanol–water partition coefficient (Wildman–Crippen LogP) is 3.47. The maximum atomic E-state index is 12.1. The number of aryl methyl sites for hydroxylation is 2. The molecule has 0 unspecified atom stereocenters. The van der Waals surface area contributed by atoms with Crippen LogP contribution < -0.4 is 5.63 Å². The van der Waals surface area contributed by atoms with Crippen molar-refractivity contribution in [3.8, 4) is 5.75 Å². The van der Waals surface area contributed by atoms with Gasteiger partial charge in [0.05, 0.1) is 0 Å². The molecule has 3 aromatic rings. The lowest BCUT2D eigenvalue weighted by Crippen LogP contribution is -2.08. The summed E-state index contributed by atoms with van der Waals surface area (Å²) in [6, 6.07) is 11.5. The Morgan fingerprint density at radius 2 is 1.79 bits per heavy atom. The van der Waals surface area contributed by atoms with Crippen LogP contribution in [0.2, 0.25) is 0 Å². The van der Waals surface area contributed by atoms with Crippen LogP contribution in [0.4, 0.5) is 0 Å². The Morgan fingerprint density at radius 3 is 2.54 bits per heavy atom. The van der Waals surface area contributed by atoms with Crippen molar-refractivity contribution in [2.75, 3.05) is 0 Å². The van der Waals surface area contributed by atoms with Gasteiger partial charge in [-0.3, -0.25) is 0 Å². The molecule has 0 aliphatic rings. The third kappa shape index (κ3) is 3.15. The number of benzene rings is 2. The van der Waals surface area contributed by atoms with E-state index < -0.39 is 11.6 Å². The van der Waals surface area contributed by atoms with Gasteiger partial charge in [0.2, 0.25) is 0 Å². The summed E-state index contributed by atoms with van der Waals surface area (Å²) in [6.45, 7) is 3.62. The van der Waals surface area contributed by atoms with Crippen LogP contribution in [0.1, 0.15) is 27.0 Å². The molecule has 1 aromatic heterocycles. The molecule has 24 heavy (non-hydrogen) atoms. The van der Waals surface area contributed by atoms with Gasteiger partial charge < -0.3 is 14.3 Å². The van der Waals surface area contributed by atoms with Crippen molar-refractivity contribution < 1.29 is 19.1 Å². The molecular weight excluding hydrogens is 308 g/mol. The molecule has 0 saturated heterocycles. The summed E-state index contributed by atoms with van der Waals surface area (Å²) in [4.78, 5) is 23.8. The molecule has 1 N–H and O–H groups in total. The van der Waals surface area contributed by atoms with E-state index in [-0.39, 0.29) is 17.9 Å². The number of phenols is 1. The van der Waals surface area contributed by atoms with Crippen LogP contribution in [0.15, 0.2) is 51.7 Å². The fraction of sp³-hybridized carbons (Fsp3) is 0.158. The number of hydrogen-bond acceptors (Lipinski definition) is 5. The molecule has 0 aliphatic carbocycles. The largest absolute Gasteiger partial charge is 0.507 e. The second kappa shape index (κ2) is 6.20. The van der Waals surface area contributed by atoms with E-state index in [1.807, 2.05) is 26.0 Å². The molecule has 5 nitrogen and oxygen atoms in total. The van der Waals surface area contributed by atoms with E-state index in [4.69, 9.17) is 9.15 Å². The Labute approximate surface area is 138 Å². The molecule has 2 aromatic carbocycles. The number of carbonyl (C=O) groups excluding carboxylic acids is 1. The summed E-state index contributed by atoms with van der Waals surface area (Å²) in [6.07, 6.45) is 0. The average Bonchev–Trinajstić information content (AvgIpc) is 2.51. The molecular formula is C19H16O5. The minimum atomic E-state index is -0.652. The van der Waals surface area contributed by atoms with Gasteiger partial charge in [-0.25, -0.2) is 9.59 Å². The van der Waals surface area contributed by atoms with Crippen molar-refractivity contribution in [2.24, 2.45) is 0 Å². The highest BCUT2D eigenvalue weighted by molar-refractivity contribution is 5.92. The van der Waals surface area contributed by atoms with E-state index in [2.05, 4.69) is 0 Å². The minimum absolute atomic E-state index is 0.0860. The lowest BCUT2D eigenvalue weighted by atomic mass is 10.1. The van der Waals surface area contributed by atoms with Crippen LogP contribution >= 0.6 is 0 Å². The Kier molecular flexibility index (Phi) is 4.08. The quantitative estimate of drug-likeness (QED) is 0.589. The van der Waals surface area contributed by atoms with Gasteiger partial charge in [0.1, 0.15) is 23.5 Å². The number of phenolic OH excluding ortho intramolecular Hbond substituents is 1. The van der Waals surface area contributed by atoms with Crippen LogP contribution in [-0.4, -0.2) is 11.1 Å². The Balaban J connectivity index is 1.88. The molecule has 3 rings (SSSR count). The van der Waals surface area contributed by atoms with E-state index in [9.17, 15) is 14.7 Å². The normalized spacial score (nSPS) is 10.8. The van der Waals surface area contributed by atoms with Crippen molar-refractivity contribution in [3.05, 3.63) is 75.1 Å². The van der Waals surface area contributed by atoms with E-state index in [0.29, 0.717) is 16.5 Å². The minimum Gasteiger partial charge on any atom is -0.507 e. The molecule has 0 amide bonds. The van der Waals surface area contributed by atoms with Gasteiger partial charge in [-0.1, -0.05) is 18.2 Å². The summed E-state index contributed by atoms with van der Waals surface area (Å²) in [5.74, 6) is -0.783. The summed E-state index contributed by atoms with van der Waals surface area (Å²) in [7, 11) is 0. The van der Waals surface area contributed by atoms with Crippen molar-refractivity contribution in [1.29, 1.82) is 0 Å². The number of carbonyl (C=O) groups is 1. The molecule has 0 radical (unpaired) electrons. The number of fused-ring (bicyclic) bond motifs is 1. The fourth-order valence-corrected chi connectivity index (χ4v) is 2.49. The predicted molar refractivity (Wildman–Crippen MR) is 89.2 cm³/mol. The van der Waals surface area contributed by atoms with Crippen molar-refractivity contribution in [1.82, 2.24) is 0 Å². The Hall–Kier alpha value is -3.08. The monoisotopic (exact) mass is 324 g/mol. The lowest BCUT2D eigenvalue weighted by Gasteiger charge is -2.09. The molecule has 0 aliphatic heterocycles. The summed E-state index contributed by atoms with van der Waals surface area (Å²) in [5, 5.41) is 10.5. The topological polar surface area (TPSA) is 76.7 Å². The first-order chi connectivity index (χ1) is 11.4. The van der Waals surface area contributed by atoms with E-state index >= 15 is 0 Å². The van der Waals surface area contributed by atoms with Gasteiger partial charge in [-0.05, 0) is 43.2 Å². The van der Waals surface area contributed by atoms with Crippen LogP contribution in [0.5, 0.6) is 5.75 Å². The SMILES string of the molecule is Cc1ccc(C(=O)OCc2cc(=O)oc3cc(C)ccc23)c(O)c1. The van der Waals surface area contributed by atoms with Crippen LogP contribution in [0, 0.1) is 13.8 Å². The molecule has 0 saturated carbocycles. The van der Waals surface area contributed by atoms with Crippen molar-refractivity contribution in [2.45, 2.75) is 20.5 Å². The average molecular weight is 324 g/mol. The molecule has 1 heterocycles. The van der Waals surface area contributed by atoms with E-state index in [1.165, 1.54) is 18.2 Å². The Bertz CT molecular complexity index is 985. The molecule has 122 valence electrons. The molecule has 0 spiro atoms. The second-order valence-electron chi connectivity index (χ2n) is 5.69. The first-order valence-corrected chi connectivity index (χ1v) is 7.44. The van der Waals surface area contributed by atoms with Gasteiger partial charge in [0.25, 0.3) is 0 Å². The molecule has 5 heteroatoms. The number of esters is 1. The van der Waals surface area contributed by atoms with Crippen molar-refractivity contribution in [3.63, 3.8) is 0 Å². The maximum absolute atomic E-state index is 12.1. The number of rotatable bonds is 3. The highest BCUT2D eigenvalue weighted by Gasteiger charge is 2.14. The van der Waals surface area contributed by atoms with Gasteiger partial charge >= 0.3 is 11.6 Å². The first-order valence-electron chi connectivity index (χ1n) is 7.44. The molecule has 0 fully saturated rings. The maximum Gasteiger partial charge on any atom is 0.342 e. The smallest absolute Gasteiger partial charge is 0.342 e. The standard InChI is InChI=1S/C19H16O5/c1-11-4-6-15(16(20)7-11)19(22)23-10-13-9-18(21)24-17-8-12(2)3-5-14(13)17/h3-9,20H,10H2,1-2H3. The summed E-state index contributed by atoms with van der Waals surface area (Å²) >= 11 is 0. The molecule has 0 bridgehead atoms. The van der Waals surface area contributed by atoms with Crippen LogP contribution in [0.25, 0.3) is 11.0 Å². The van der Waals surface area contributed by atoms with E-state index in [0.717, 1.165) is 11.1 Å². The zero-order valence-electron chi connectivity index (χ0n) is 13.3. The second-order valence-corrected chi connectivity index (χ2v) is 5.69. The third-order valence-electron chi connectivity index (χ3n) is 3.72. The summed E-state index contributed by atoms with van der Waals surface area (Å²) in [5.41, 5.74) is 2.39. The summed E-state index contributed by atoms with van der Waals surface area (Å²) < 4.78 is 10.4. The highest BCUT2D eigenvalue weighted by Crippen LogP contribution is 2.22. The van der Waals surface area contributed by atoms with Crippen LogP contribution in [-0.2, 0) is 11.3 Å². The van der Waals surface area contributed by atoms with Gasteiger partial charge in [0.15, 0.2) is 0 Å². The Morgan fingerprint density at radius 1 is 1.08 bits per heavy atom. The fourth-order valence-electron chi connectivity index (χ4n) is 2.49. The highest BCUT2D eigenvalue weighted by atomic mass is 16.5. The van der Waals surface area contributed by atoms with E-state index in [1.54, 1.807) is 12.1 Å². The van der Waals surface area contributed by atoms with Gasteiger partial charge in [-0.2, -0.15) is 0 Å². The zero-order chi connectivity index (χ0) is 17.3. The van der Waals surface area contributed by atoms with Gasteiger partial charge in [-0.15, -0.1) is 0 Å². The zero-order valence-corrected chi connectivity index (χ0v) is 13.3. The number of aromatic hydroxyl groups is 1.